The first-order valence-electron chi connectivity index (χ1n) is 7.41. The number of anilines is 1. The molecule has 0 aliphatic rings. The first kappa shape index (κ1) is 18.2. The van der Waals surface area contributed by atoms with Crippen molar-refractivity contribution in [2.45, 2.75) is 30.1 Å². The Labute approximate surface area is 145 Å². The third-order valence-corrected chi connectivity index (χ3v) is 5.26. The Morgan fingerprint density at radius 2 is 1.75 bits per heavy atom. The molecule has 2 aromatic carbocycles. The lowest BCUT2D eigenvalue weighted by molar-refractivity contribution is -0.146. The number of nitrogens with two attached hydrogens (primary N) is 1. The second-order valence-corrected chi connectivity index (χ2v) is 6.75. The third-order valence-electron chi connectivity index (χ3n) is 3.86. The second-order valence-electron chi connectivity index (χ2n) is 5.57. The summed E-state index contributed by atoms with van der Waals surface area (Å²) in [6.45, 7) is 3.93. The van der Waals surface area contributed by atoms with Gasteiger partial charge in [-0.05, 0) is 54.8 Å². The molecule has 0 fully saturated rings. The average Bonchev–Trinajstić information content (AvgIpc) is 2.56. The Hall–Kier alpha value is -2.18. The molecule has 6 heteroatoms. The van der Waals surface area contributed by atoms with E-state index in [-0.39, 0.29) is 0 Å². The Bertz CT molecular complexity index is 731. The van der Waals surface area contributed by atoms with Crippen molar-refractivity contribution in [3.05, 3.63) is 53.1 Å². The summed E-state index contributed by atoms with van der Waals surface area (Å²) in [5.41, 5.74) is 9.45. The molecular formula is C18H21NO4S. The van der Waals surface area contributed by atoms with E-state index in [1.54, 1.807) is 31.4 Å². The van der Waals surface area contributed by atoms with Crippen molar-refractivity contribution in [1.29, 1.82) is 0 Å². The molecule has 24 heavy (non-hydrogen) atoms. The van der Waals surface area contributed by atoms with Crippen LogP contribution in [0.15, 0.2) is 41.3 Å². The second kappa shape index (κ2) is 7.59. The molecule has 2 aromatic rings. The molecule has 0 radical (unpaired) electrons. The van der Waals surface area contributed by atoms with E-state index < -0.39 is 17.3 Å². The van der Waals surface area contributed by atoms with Gasteiger partial charge >= 0.3 is 5.97 Å². The Morgan fingerprint density at radius 3 is 2.29 bits per heavy atom. The largest absolute Gasteiger partial charge is 0.497 e. The van der Waals surface area contributed by atoms with Crippen LogP contribution in [0.4, 0.5) is 5.69 Å². The smallest absolute Gasteiger partial charge is 0.334 e. The minimum Gasteiger partial charge on any atom is -0.497 e. The quantitative estimate of drug-likeness (QED) is 0.549. The molecule has 0 saturated heterocycles. The van der Waals surface area contributed by atoms with Crippen molar-refractivity contribution in [1.82, 2.24) is 0 Å². The predicted molar refractivity (Wildman–Crippen MR) is 95.6 cm³/mol. The van der Waals surface area contributed by atoms with E-state index in [9.17, 15) is 15.0 Å². The van der Waals surface area contributed by atoms with Crippen molar-refractivity contribution >= 4 is 23.4 Å². The number of hydrogen-bond donors (Lipinski definition) is 3. The monoisotopic (exact) mass is 347 g/mol. The normalized spacial score (nSPS) is 13.3. The number of aryl methyl sites for hydroxylation is 2. The van der Waals surface area contributed by atoms with Crippen LogP contribution in [-0.2, 0) is 4.79 Å². The van der Waals surface area contributed by atoms with Crippen molar-refractivity contribution < 1.29 is 19.7 Å². The Balaban J connectivity index is 2.39. The van der Waals surface area contributed by atoms with Crippen molar-refractivity contribution in [2.24, 2.45) is 0 Å². The van der Waals surface area contributed by atoms with Gasteiger partial charge in [-0.3, -0.25) is 0 Å². The van der Waals surface area contributed by atoms with Crippen molar-refractivity contribution in [2.75, 3.05) is 12.8 Å². The zero-order valence-corrected chi connectivity index (χ0v) is 14.6. The van der Waals surface area contributed by atoms with Crippen LogP contribution < -0.4 is 10.5 Å². The fourth-order valence-corrected chi connectivity index (χ4v) is 3.54. The van der Waals surface area contributed by atoms with Gasteiger partial charge in [0.15, 0.2) is 6.10 Å². The van der Waals surface area contributed by atoms with E-state index in [1.807, 2.05) is 26.0 Å². The number of nitrogen functional groups attached to an aromatic ring is 1. The van der Waals surface area contributed by atoms with Crippen LogP contribution in [0.2, 0.25) is 0 Å². The van der Waals surface area contributed by atoms with Gasteiger partial charge in [0.2, 0.25) is 0 Å². The van der Waals surface area contributed by atoms with Crippen LogP contribution in [-0.4, -0.2) is 29.4 Å². The van der Waals surface area contributed by atoms with Gasteiger partial charge in [0, 0.05) is 10.6 Å². The number of benzene rings is 2. The number of carboxylic acid groups (broad SMARTS) is 1. The number of aliphatic hydroxyl groups is 1. The number of methoxy groups -OCH3 is 1. The molecule has 0 bridgehead atoms. The summed E-state index contributed by atoms with van der Waals surface area (Å²) in [5, 5.41) is 18.7. The number of carbonyl (C=O) groups is 1. The number of ether oxygens (including phenoxy) is 1. The molecule has 0 spiro atoms. The molecule has 2 atom stereocenters. The summed E-state index contributed by atoms with van der Waals surface area (Å²) in [4.78, 5) is 12.1. The summed E-state index contributed by atoms with van der Waals surface area (Å²) >= 11 is 1.24. The maximum Gasteiger partial charge on any atom is 0.334 e. The third kappa shape index (κ3) is 4.01. The summed E-state index contributed by atoms with van der Waals surface area (Å²) in [6.07, 6.45) is -1.55. The SMILES string of the molecule is COc1ccc([C@@H](Sc2cc(C)c(C)cc2N)[C@H](O)C(=O)O)cc1. The first-order chi connectivity index (χ1) is 11.3. The first-order valence-corrected chi connectivity index (χ1v) is 8.29. The molecule has 128 valence electrons. The highest BCUT2D eigenvalue weighted by Gasteiger charge is 2.29. The van der Waals surface area contributed by atoms with E-state index in [2.05, 4.69) is 0 Å². The maximum atomic E-state index is 11.3. The number of thioether (sulfide) groups is 1. The zero-order chi connectivity index (χ0) is 17.9. The number of aliphatic carboxylic acids is 1. The molecular weight excluding hydrogens is 326 g/mol. The fraction of sp³-hybridized carbons (Fsp3) is 0.278. The lowest BCUT2D eigenvalue weighted by atomic mass is 10.1. The lowest BCUT2D eigenvalue weighted by Gasteiger charge is -2.21. The summed E-state index contributed by atoms with van der Waals surface area (Å²) in [6, 6.07) is 10.7. The van der Waals surface area contributed by atoms with E-state index >= 15 is 0 Å². The van der Waals surface area contributed by atoms with Crippen molar-refractivity contribution in [3.8, 4) is 5.75 Å². The predicted octanol–water partition coefficient (Wildman–Crippen LogP) is 3.17. The minimum absolute atomic E-state index is 0.569. The van der Waals surface area contributed by atoms with Gasteiger partial charge in [0.05, 0.1) is 12.4 Å². The van der Waals surface area contributed by atoms with Gasteiger partial charge in [-0.1, -0.05) is 12.1 Å². The molecule has 5 nitrogen and oxygen atoms in total. The van der Waals surface area contributed by atoms with E-state index in [0.717, 1.165) is 16.0 Å². The minimum atomic E-state index is -1.55. The van der Waals surface area contributed by atoms with Crippen LogP contribution in [0.5, 0.6) is 5.75 Å². The van der Waals surface area contributed by atoms with Gasteiger partial charge < -0.3 is 20.7 Å². The highest BCUT2D eigenvalue weighted by Crippen LogP contribution is 2.41. The lowest BCUT2D eigenvalue weighted by Crippen LogP contribution is -2.26. The average molecular weight is 347 g/mol. The van der Waals surface area contributed by atoms with Crippen LogP contribution >= 0.6 is 11.8 Å². The molecule has 0 unspecified atom stereocenters. The van der Waals surface area contributed by atoms with Gasteiger partial charge in [0.25, 0.3) is 0 Å². The van der Waals surface area contributed by atoms with E-state index in [4.69, 9.17) is 10.5 Å². The molecule has 0 heterocycles. The standard InChI is InChI=1S/C18H21NO4S/c1-10-8-14(19)15(9-11(10)2)24-17(16(20)18(21)22)12-4-6-13(23-3)7-5-12/h4-9,16-17,20H,19H2,1-3H3,(H,21,22)/t16-,17+/m0/s1. The van der Waals surface area contributed by atoms with E-state index in [0.29, 0.717) is 17.0 Å². The Morgan fingerprint density at radius 1 is 1.17 bits per heavy atom. The zero-order valence-electron chi connectivity index (χ0n) is 13.8. The molecule has 0 saturated carbocycles. The highest BCUT2D eigenvalue weighted by molar-refractivity contribution is 7.99. The highest BCUT2D eigenvalue weighted by atomic mass is 32.2. The van der Waals surface area contributed by atoms with Gasteiger partial charge in [-0.15, -0.1) is 11.8 Å². The molecule has 2 rings (SSSR count). The molecule has 0 aromatic heterocycles. The molecule has 4 N–H and O–H groups in total. The number of carboxylic acids is 1. The molecule has 0 aliphatic heterocycles. The number of rotatable bonds is 6. The van der Waals surface area contributed by atoms with Crippen molar-refractivity contribution in [3.63, 3.8) is 0 Å². The van der Waals surface area contributed by atoms with Gasteiger partial charge in [-0.2, -0.15) is 0 Å². The van der Waals surface area contributed by atoms with Crippen LogP contribution in [0.3, 0.4) is 0 Å². The molecule has 0 amide bonds. The topological polar surface area (TPSA) is 92.8 Å². The van der Waals surface area contributed by atoms with Crippen LogP contribution in [0, 0.1) is 13.8 Å². The summed E-state index contributed by atoms with van der Waals surface area (Å²) in [5.74, 6) is -0.608. The van der Waals surface area contributed by atoms with Gasteiger partial charge in [0.1, 0.15) is 5.75 Å². The maximum absolute atomic E-state index is 11.3. The fourth-order valence-electron chi connectivity index (χ4n) is 2.29. The molecule has 0 aliphatic carbocycles. The van der Waals surface area contributed by atoms with Crippen LogP contribution in [0.25, 0.3) is 0 Å². The summed E-state index contributed by atoms with van der Waals surface area (Å²) in [7, 11) is 1.56. The van der Waals surface area contributed by atoms with E-state index in [1.165, 1.54) is 11.8 Å². The number of hydrogen-bond acceptors (Lipinski definition) is 5. The number of aliphatic hydroxyl groups excluding tert-OH is 1. The van der Waals surface area contributed by atoms with Crippen LogP contribution in [0.1, 0.15) is 21.9 Å². The summed E-state index contributed by atoms with van der Waals surface area (Å²) < 4.78 is 5.12. The van der Waals surface area contributed by atoms with Gasteiger partial charge in [-0.25, -0.2) is 4.79 Å². The Kier molecular flexibility index (Phi) is 5.75.